The Hall–Kier alpha value is -2.08. The number of rotatable bonds is 5. The van der Waals surface area contributed by atoms with Gasteiger partial charge in [0.1, 0.15) is 22.3 Å². The van der Waals surface area contributed by atoms with Crippen LogP contribution in [0.4, 0.5) is 0 Å². The number of benzene rings is 1. The fourth-order valence-corrected chi connectivity index (χ4v) is 3.27. The van der Waals surface area contributed by atoms with Crippen LogP contribution in [-0.4, -0.2) is 28.8 Å². The van der Waals surface area contributed by atoms with Gasteiger partial charge in [-0.2, -0.15) is 0 Å². The molecule has 130 valence electrons. The molecule has 0 spiro atoms. The summed E-state index contributed by atoms with van der Waals surface area (Å²) in [6.45, 7) is 7.58. The highest BCUT2D eigenvalue weighted by molar-refractivity contribution is 7.91. The Morgan fingerprint density at radius 3 is 2.58 bits per heavy atom. The maximum atomic E-state index is 12.4. The maximum Gasteiger partial charge on any atom is 0.348 e. The number of esters is 1. The van der Waals surface area contributed by atoms with Gasteiger partial charge in [-0.15, -0.1) is 0 Å². The van der Waals surface area contributed by atoms with E-state index in [-0.39, 0.29) is 4.91 Å². The van der Waals surface area contributed by atoms with Crippen LogP contribution in [0.3, 0.4) is 0 Å². The molecule has 1 aromatic rings. The Kier molecular flexibility index (Phi) is 5.49. The molecule has 1 atom stereocenters. The van der Waals surface area contributed by atoms with Gasteiger partial charge in [0, 0.05) is 5.56 Å². The van der Waals surface area contributed by atoms with E-state index in [2.05, 4.69) is 0 Å². The molecule has 0 radical (unpaired) electrons. The topological polar surface area (TPSA) is 61.8 Å². The summed E-state index contributed by atoms with van der Waals surface area (Å²) >= 11 is 0. The van der Waals surface area contributed by atoms with Crippen LogP contribution in [0.5, 0.6) is 11.5 Å². The molecule has 1 saturated heterocycles. The van der Waals surface area contributed by atoms with E-state index < -0.39 is 21.7 Å². The number of para-hydroxylation sites is 1. The number of allylic oxidation sites excluding steroid dienone is 1. The zero-order valence-electron chi connectivity index (χ0n) is 14.5. The normalized spacial score (nSPS) is 20.6. The van der Waals surface area contributed by atoms with Crippen LogP contribution in [0.25, 0.3) is 6.08 Å². The van der Waals surface area contributed by atoms with E-state index in [4.69, 9.17) is 14.2 Å². The summed E-state index contributed by atoms with van der Waals surface area (Å²) in [6, 6.07) is 5.34. The van der Waals surface area contributed by atoms with Gasteiger partial charge < -0.3 is 14.2 Å². The van der Waals surface area contributed by atoms with Crippen LogP contribution >= 0.6 is 0 Å². The summed E-state index contributed by atoms with van der Waals surface area (Å²) in [6.07, 6.45) is 3.49. The minimum Gasteiger partial charge on any atom is -0.493 e. The number of methoxy groups -OCH3 is 1. The lowest BCUT2D eigenvalue weighted by atomic mass is 10.1. The van der Waals surface area contributed by atoms with Crippen LogP contribution in [-0.2, 0) is 20.3 Å². The number of hydrogen-bond acceptors (Lipinski definition) is 5. The molecular formula is C18H22O5S. The van der Waals surface area contributed by atoms with Gasteiger partial charge >= 0.3 is 5.97 Å². The second-order valence-electron chi connectivity index (χ2n) is 6.04. The standard InChI is InChI=1S/C18H22O5S/c1-12(2)9-10-22-16-13(7-6-8-14(16)21-5)11-15-17(19)23-18(3,4)24(15)20/h6-9,11H,10H2,1-5H3/b15-11-. The van der Waals surface area contributed by atoms with Gasteiger partial charge in [-0.25, -0.2) is 9.00 Å². The molecule has 0 aromatic heterocycles. The van der Waals surface area contributed by atoms with Gasteiger partial charge in [-0.1, -0.05) is 17.7 Å². The van der Waals surface area contributed by atoms with Crippen molar-refractivity contribution in [3.05, 3.63) is 40.3 Å². The Bertz CT molecular complexity index is 727. The lowest BCUT2D eigenvalue weighted by Gasteiger charge is -2.13. The lowest BCUT2D eigenvalue weighted by Crippen LogP contribution is -2.22. The quantitative estimate of drug-likeness (QED) is 0.462. The highest BCUT2D eigenvalue weighted by Crippen LogP contribution is 2.36. The van der Waals surface area contributed by atoms with E-state index in [1.165, 1.54) is 0 Å². The Morgan fingerprint density at radius 1 is 1.33 bits per heavy atom. The fourth-order valence-electron chi connectivity index (χ4n) is 2.16. The van der Waals surface area contributed by atoms with Crippen LogP contribution in [0.1, 0.15) is 33.3 Å². The molecule has 1 fully saturated rings. The van der Waals surface area contributed by atoms with Crippen LogP contribution in [0, 0.1) is 0 Å². The van der Waals surface area contributed by atoms with Crippen molar-refractivity contribution in [2.45, 2.75) is 32.6 Å². The highest BCUT2D eigenvalue weighted by atomic mass is 32.2. The van der Waals surface area contributed by atoms with E-state index in [9.17, 15) is 9.00 Å². The number of hydrogen-bond donors (Lipinski definition) is 0. The molecule has 6 heteroatoms. The Balaban J connectivity index is 2.43. The smallest absolute Gasteiger partial charge is 0.348 e. The van der Waals surface area contributed by atoms with Crippen LogP contribution in [0.15, 0.2) is 34.8 Å². The third-order valence-electron chi connectivity index (χ3n) is 3.42. The Morgan fingerprint density at radius 2 is 2.04 bits per heavy atom. The largest absolute Gasteiger partial charge is 0.493 e. The molecule has 1 aliphatic rings. The van der Waals surface area contributed by atoms with Gasteiger partial charge in [0.25, 0.3) is 0 Å². The highest BCUT2D eigenvalue weighted by Gasteiger charge is 2.43. The third kappa shape index (κ3) is 3.87. The monoisotopic (exact) mass is 350 g/mol. The molecule has 0 saturated carbocycles. The number of carbonyl (C=O) groups is 1. The number of ether oxygens (including phenoxy) is 3. The summed E-state index contributed by atoms with van der Waals surface area (Å²) in [4.78, 5) is 11.1. The van der Waals surface area contributed by atoms with Crippen molar-refractivity contribution < 1.29 is 23.2 Å². The molecule has 24 heavy (non-hydrogen) atoms. The average molecular weight is 350 g/mol. The molecule has 2 rings (SSSR count). The summed E-state index contributed by atoms with van der Waals surface area (Å²) in [5, 5.41) is 0. The van der Waals surface area contributed by atoms with Crippen molar-refractivity contribution in [1.29, 1.82) is 0 Å². The van der Waals surface area contributed by atoms with Gasteiger partial charge in [-0.3, -0.25) is 0 Å². The molecule has 0 aliphatic carbocycles. The van der Waals surface area contributed by atoms with Crippen molar-refractivity contribution in [2.75, 3.05) is 13.7 Å². The minimum absolute atomic E-state index is 0.125. The Labute approximate surface area is 144 Å². The second kappa shape index (κ2) is 7.21. The van der Waals surface area contributed by atoms with E-state index in [0.29, 0.717) is 23.7 Å². The van der Waals surface area contributed by atoms with Crippen molar-refractivity contribution >= 4 is 22.8 Å². The van der Waals surface area contributed by atoms with Crippen molar-refractivity contribution in [1.82, 2.24) is 0 Å². The maximum absolute atomic E-state index is 12.4. The number of carbonyl (C=O) groups excluding carboxylic acids is 1. The summed E-state index contributed by atoms with van der Waals surface area (Å²) in [5.41, 5.74) is 1.75. The molecule has 1 aromatic carbocycles. The molecule has 1 unspecified atom stereocenters. The summed E-state index contributed by atoms with van der Waals surface area (Å²) in [7, 11) is -0.00363. The van der Waals surface area contributed by atoms with Gasteiger partial charge in [0.2, 0.25) is 0 Å². The van der Waals surface area contributed by atoms with Crippen LogP contribution < -0.4 is 9.47 Å². The van der Waals surface area contributed by atoms with E-state index in [1.54, 1.807) is 45.2 Å². The third-order valence-corrected chi connectivity index (χ3v) is 5.08. The predicted octanol–water partition coefficient (Wildman–Crippen LogP) is 3.42. The zero-order valence-corrected chi connectivity index (χ0v) is 15.4. The van der Waals surface area contributed by atoms with E-state index >= 15 is 0 Å². The van der Waals surface area contributed by atoms with Gasteiger partial charge in [0.05, 0.1) is 7.11 Å². The molecular weight excluding hydrogens is 328 g/mol. The summed E-state index contributed by atoms with van der Waals surface area (Å²) in [5.74, 6) is 0.471. The van der Waals surface area contributed by atoms with Gasteiger partial charge in [0.15, 0.2) is 16.4 Å². The average Bonchev–Trinajstić information content (AvgIpc) is 2.70. The molecule has 0 N–H and O–H groups in total. The van der Waals surface area contributed by atoms with Crippen molar-refractivity contribution in [2.24, 2.45) is 0 Å². The fraction of sp³-hybridized carbons (Fsp3) is 0.389. The summed E-state index contributed by atoms with van der Waals surface area (Å²) < 4.78 is 28.7. The molecule has 1 aliphatic heterocycles. The first-order valence-electron chi connectivity index (χ1n) is 7.56. The lowest BCUT2D eigenvalue weighted by molar-refractivity contribution is -0.141. The first-order chi connectivity index (χ1) is 11.3. The second-order valence-corrected chi connectivity index (χ2v) is 8.00. The molecule has 0 bridgehead atoms. The van der Waals surface area contributed by atoms with E-state index in [1.807, 2.05) is 19.9 Å². The minimum atomic E-state index is -1.55. The van der Waals surface area contributed by atoms with Crippen molar-refractivity contribution in [3.63, 3.8) is 0 Å². The van der Waals surface area contributed by atoms with Gasteiger partial charge in [-0.05, 0) is 45.9 Å². The first kappa shape index (κ1) is 18.3. The van der Waals surface area contributed by atoms with Crippen molar-refractivity contribution in [3.8, 4) is 11.5 Å². The van der Waals surface area contributed by atoms with E-state index in [0.717, 1.165) is 5.57 Å². The number of cyclic esters (lactones) is 1. The zero-order chi connectivity index (χ0) is 17.9. The SMILES string of the molecule is COc1cccc(/C=C2/C(=O)OC(C)(C)S2=O)c1OCC=C(C)C. The molecule has 5 nitrogen and oxygen atoms in total. The first-order valence-corrected chi connectivity index (χ1v) is 8.71. The predicted molar refractivity (Wildman–Crippen MR) is 94.2 cm³/mol. The molecule has 0 amide bonds. The molecule has 1 heterocycles. The van der Waals surface area contributed by atoms with Crippen LogP contribution in [0.2, 0.25) is 0 Å².